The fraction of sp³-hybridized carbons (Fsp3) is 0.240. The maximum absolute atomic E-state index is 13.7. The summed E-state index contributed by atoms with van der Waals surface area (Å²) in [6.07, 6.45) is 4.13. The van der Waals surface area contributed by atoms with Crippen LogP contribution in [0.15, 0.2) is 65.6 Å². The molecule has 1 aromatic carbocycles. The summed E-state index contributed by atoms with van der Waals surface area (Å²) in [5, 5.41) is 0.847. The molecule has 3 heterocycles. The van der Waals surface area contributed by atoms with Crippen LogP contribution in [0.3, 0.4) is 0 Å². The van der Waals surface area contributed by atoms with Gasteiger partial charge in [-0.05, 0) is 61.7 Å². The molecule has 0 bridgehead atoms. The molecule has 1 saturated carbocycles. The van der Waals surface area contributed by atoms with Gasteiger partial charge in [-0.3, -0.25) is 14.3 Å². The largest absolute Gasteiger partial charge is 0.497 e. The first-order valence-corrected chi connectivity index (χ1v) is 10.5. The molecule has 0 saturated heterocycles. The predicted octanol–water partition coefficient (Wildman–Crippen LogP) is 4.73. The summed E-state index contributed by atoms with van der Waals surface area (Å²) >= 11 is 0. The van der Waals surface area contributed by atoms with Crippen molar-refractivity contribution in [3.8, 4) is 28.4 Å². The third-order valence-electron chi connectivity index (χ3n) is 5.54. The topological polar surface area (TPSA) is 66.2 Å². The lowest BCUT2D eigenvalue weighted by atomic mass is 10.1. The standard InChI is InChI=1S/C25H23N3O3/c1-3-31-23-13-8-18-14-21(16-6-10-20(30-2)11-7-16)25(29)28(24(18)27-23)19-9-12-22(26-15-19)17-4-5-17/h6-15,17H,3-5H2,1-2H3. The molecule has 0 unspecified atom stereocenters. The van der Waals surface area contributed by atoms with Crippen LogP contribution in [-0.4, -0.2) is 28.3 Å². The molecule has 0 aliphatic heterocycles. The summed E-state index contributed by atoms with van der Waals surface area (Å²) in [6, 6.07) is 17.1. The van der Waals surface area contributed by atoms with Gasteiger partial charge in [0.1, 0.15) is 5.75 Å². The van der Waals surface area contributed by atoms with Crippen molar-refractivity contribution in [2.75, 3.05) is 13.7 Å². The van der Waals surface area contributed by atoms with E-state index < -0.39 is 0 Å². The molecule has 4 aromatic rings. The van der Waals surface area contributed by atoms with Gasteiger partial charge in [-0.2, -0.15) is 4.98 Å². The summed E-state index contributed by atoms with van der Waals surface area (Å²) in [4.78, 5) is 22.9. The van der Waals surface area contributed by atoms with E-state index in [9.17, 15) is 4.79 Å². The molecular weight excluding hydrogens is 390 g/mol. The van der Waals surface area contributed by atoms with E-state index in [1.54, 1.807) is 17.9 Å². The van der Waals surface area contributed by atoms with Crippen molar-refractivity contribution in [2.24, 2.45) is 0 Å². The molecule has 0 amide bonds. The Hall–Kier alpha value is -3.67. The van der Waals surface area contributed by atoms with Crippen molar-refractivity contribution in [2.45, 2.75) is 25.7 Å². The summed E-state index contributed by atoms with van der Waals surface area (Å²) in [5.41, 5.74) is 3.57. The summed E-state index contributed by atoms with van der Waals surface area (Å²) in [7, 11) is 1.62. The minimum absolute atomic E-state index is 0.153. The fourth-order valence-electron chi connectivity index (χ4n) is 3.76. The van der Waals surface area contributed by atoms with Crippen LogP contribution in [0.1, 0.15) is 31.4 Å². The van der Waals surface area contributed by atoms with Gasteiger partial charge >= 0.3 is 0 Å². The Labute approximate surface area is 180 Å². The maximum Gasteiger partial charge on any atom is 0.264 e. The summed E-state index contributed by atoms with van der Waals surface area (Å²) in [5.74, 6) is 1.78. The second-order valence-corrected chi connectivity index (χ2v) is 7.64. The first-order valence-electron chi connectivity index (χ1n) is 10.5. The van der Waals surface area contributed by atoms with Crippen molar-refractivity contribution in [3.63, 3.8) is 0 Å². The van der Waals surface area contributed by atoms with E-state index in [-0.39, 0.29) is 5.56 Å². The molecule has 1 fully saturated rings. The third kappa shape index (κ3) is 3.65. The molecule has 0 atom stereocenters. The number of fused-ring (bicyclic) bond motifs is 1. The number of aromatic nitrogens is 3. The molecule has 0 radical (unpaired) electrons. The minimum Gasteiger partial charge on any atom is -0.497 e. The second kappa shape index (κ2) is 7.87. The number of hydrogen-bond acceptors (Lipinski definition) is 5. The summed E-state index contributed by atoms with van der Waals surface area (Å²) in [6.45, 7) is 2.41. The Bertz CT molecular complexity index is 1290. The van der Waals surface area contributed by atoms with Crippen LogP contribution < -0.4 is 15.0 Å². The van der Waals surface area contributed by atoms with Gasteiger partial charge in [-0.1, -0.05) is 12.1 Å². The fourth-order valence-corrected chi connectivity index (χ4v) is 3.76. The van der Waals surface area contributed by atoms with Crippen LogP contribution in [0, 0.1) is 0 Å². The molecule has 31 heavy (non-hydrogen) atoms. The highest BCUT2D eigenvalue weighted by Gasteiger charge is 2.25. The van der Waals surface area contributed by atoms with Gasteiger partial charge in [0.05, 0.1) is 25.6 Å². The first-order chi connectivity index (χ1) is 15.2. The summed E-state index contributed by atoms with van der Waals surface area (Å²) < 4.78 is 12.5. The molecule has 6 heteroatoms. The molecule has 5 rings (SSSR count). The van der Waals surface area contributed by atoms with Gasteiger partial charge in [0.25, 0.3) is 5.56 Å². The Morgan fingerprint density at radius 2 is 1.87 bits per heavy atom. The number of methoxy groups -OCH3 is 1. The van der Waals surface area contributed by atoms with Gasteiger partial charge < -0.3 is 9.47 Å². The highest BCUT2D eigenvalue weighted by atomic mass is 16.5. The van der Waals surface area contributed by atoms with Gasteiger partial charge in [-0.15, -0.1) is 0 Å². The first kappa shape index (κ1) is 19.3. The maximum atomic E-state index is 13.7. The Morgan fingerprint density at radius 3 is 2.52 bits per heavy atom. The van der Waals surface area contributed by atoms with Crippen LogP contribution in [0.4, 0.5) is 0 Å². The second-order valence-electron chi connectivity index (χ2n) is 7.64. The molecule has 3 aromatic heterocycles. The van der Waals surface area contributed by atoms with E-state index in [0.29, 0.717) is 35.3 Å². The molecule has 0 spiro atoms. The van der Waals surface area contributed by atoms with E-state index in [0.717, 1.165) is 22.4 Å². The van der Waals surface area contributed by atoms with Gasteiger partial charge in [0, 0.05) is 28.6 Å². The zero-order chi connectivity index (χ0) is 21.4. The predicted molar refractivity (Wildman–Crippen MR) is 120 cm³/mol. The van der Waals surface area contributed by atoms with Crippen molar-refractivity contribution in [1.29, 1.82) is 0 Å². The van der Waals surface area contributed by atoms with Gasteiger partial charge in [0.2, 0.25) is 5.88 Å². The average molecular weight is 413 g/mol. The van der Waals surface area contributed by atoms with E-state index in [2.05, 4.69) is 9.97 Å². The Morgan fingerprint density at radius 1 is 1.06 bits per heavy atom. The van der Waals surface area contributed by atoms with E-state index in [4.69, 9.17) is 9.47 Å². The highest BCUT2D eigenvalue weighted by molar-refractivity contribution is 5.83. The van der Waals surface area contributed by atoms with Crippen LogP contribution in [0.2, 0.25) is 0 Å². The van der Waals surface area contributed by atoms with Crippen LogP contribution in [-0.2, 0) is 0 Å². The number of pyridine rings is 3. The zero-order valence-corrected chi connectivity index (χ0v) is 17.5. The van der Waals surface area contributed by atoms with Gasteiger partial charge in [0.15, 0.2) is 5.65 Å². The lowest BCUT2D eigenvalue weighted by Gasteiger charge is -2.14. The molecular formula is C25H23N3O3. The smallest absolute Gasteiger partial charge is 0.264 e. The van der Waals surface area contributed by atoms with Gasteiger partial charge in [-0.25, -0.2) is 0 Å². The normalized spacial score (nSPS) is 13.4. The van der Waals surface area contributed by atoms with E-state index in [1.807, 2.05) is 61.5 Å². The van der Waals surface area contributed by atoms with E-state index >= 15 is 0 Å². The van der Waals surface area contributed by atoms with Crippen molar-refractivity contribution < 1.29 is 9.47 Å². The van der Waals surface area contributed by atoms with Crippen molar-refractivity contribution in [3.05, 3.63) is 76.8 Å². The zero-order valence-electron chi connectivity index (χ0n) is 17.5. The SMILES string of the molecule is CCOc1ccc2cc(-c3ccc(OC)cc3)c(=O)n(-c3ccc(C4CC4)nc3)c2n1. The third-order valence-corrected chi connectivity index (χ3v) is 5.54. The van der Waals surface area contributed by atoms with Crippen LogP contribution >= 0.6 is 0 Å². The molecule has 1 aliphatic rings. The Balaban J connectivity index is 1.73. The monoisotopic (exact) mass is 413 g/mol. The van der Waals surface area contributed by atoms with Crippen LogP contribution in [0.5, 0.6) is 11.6 Å². The number of nitrogens with zero attached hydrogens (tertiary/aromatic N) is 3. The van der Waals surface area contributed by atoms with E-state index in [1.165, 1.54) is 12.8 Å². The number of ether oxygens (including phenoxy) is 2. The molecule has 156 valence electrons. The quantitative estimate of drug-likeness (QED) is 0.457. The van der Waals surface area contributed by atoms with Crippen molar-refractivity contribution >= 4 is 11.0 Å². The molecule has 6 nitrogen and oxygen atoms in total. The number of hydrogen-bond donors (Lipinski definition) is 0. The van der Waals surface area contributed by atoms with Crippen molar-refractivity contribution in [1.82, 2.24) is 14.5 Å². The Kier molecular flexibility index (Phi) is 4.90. The molecule has 1 aliphatic carbocycles. The number of rotatable bonds is 6. The minimum atomic E-state index is -0.153. The lowest BCUT2D eigenvalue weighted by Crippen LogP contribution is -2.21. The highest BCUT2D eigenvalue weighted by Crippen LogP contribution is 2.39. The number of benzene rings is 1. The van der Waals surface area contributed by atoms with Crippen LogP contribution in [0.25, 0.3) is 27.8 Å². The molecule has 0 N–H and O–H groups in total. The lowest BCUT2D eigenvalue weighted by molar-refractivity contribution is 0.328. The average Bonchev–Trinajstić information content (AvgIpc) is 3.65.